The first kappa shape index (κ1) is 21.7. The SMILES string of the molecule is CO[C@H]1C(Sc2ccccc2)O[C@@H](C)[C@H]2N([Si](C)(C)C(C)(C)C)C(=O)O[C@@]12C. The van der Waals surface area contributed by atoms with Gasteiger partial charge in [-0.15, -0.1) is 0 Å². The Bertz CT molecular complexity index is 723. The molecule has 5 atom stereocenters. The number of nitrogens with zero attached hydrogens (tertiary/aromatic N) is 1. The Morgan fingerprint density at radius 3 is 2.36 bits per heavy atom. The summed E-state index contributed by atoms with van der Waals surface area (Å²) in [6.45, 7) is 15.2. The van der Waals surface area contributed by atoms with E-state index >= 15 is 0 Å². The molecule has 0 radical (unpaired) electrons. The average molecular weight is 424 g/mol. The Kier molecular flexibility index (Phi) is 5.69. The molecule has 0 aliphatic carbocycles. The maximum absolute atomic E-state index is 13.1. The van der Waals surface area contributed by atoms with Gasteiger partial charge in [0.05, 0.1) is 12.1 Å². The van der Waals surface area contributed by atoms with E-state index in [1.165, 1.54) is 0 Å². The third-order valence-corrected chi connectivity index (χ3v) is 13.1. The van der Waals surface area contributed by atoms with Crippen molar-refractivity contribution in [3.63, 3.8) is 0 Å². The van der Waals surface area contributed by atoms with Crippen LogP contribution in [0.25, 0.3) is 0 Å². The highest BCUT2D eigenvalue weighted by molar-refractivity contribution is 7.99. The monoisotopic (exact) mass is 423 g/mol. The quantitative estimate of drug-likeness (QED) is 0.629. The van der Waals surface area contributed by atoms with Gasteiger partial charge in [-0.3, -0.25) is 0 Å². The molecule has 28 heavy (non-hydrogen) atoms. The summed E-state index contributed by atoms with van der Waals surface area (Å²) < 4.78 is 20.5. The summed E-state index contributed by atoms with van der Waals surface area (Å²) in [4.78, 5) is 14.2. The Morgan fingerprint density at radius 1 is 1.21 bits per heavy atom. The van der Waals surface area contributed by atoms with E-state index in [2.05, 4.69) is 52.9 Å². The lowest BCUT2D eigenvalue weighted by atomic mass is 9.85. The fourth-order valence-corrected chi connectivity index (χ4v) is 7.91. The third kappa shape index (κ3) is 3.40. The van der Waals surface area contributed by atoms with Crippen molar-refractivity contribution in [1.82, 2.24) is 4.57 Å². The molecular formula is C21H33NO4SSi. The van der Waals surface area contributed by atoms with E-state index < -0.39 is 13.8 Å². The molecule has 1 aromatic carbocycles. The summed E-state index contributed by atoms with van der Waals surface area (Å²) >= 11 is 1.62. The maximum Gasteiger partial charge on any atom is 0.402 e. The van der Waals surface area contributed by atoms with Crippen molar-refractivity contribution in [2.75, 3.05) is 7.11 Å². The maximum atomic E-state index is 13.1. The van der Waals surface area contributed by atoms with Crippen LogP contribution in [0, 0.1) is 0 Å². The zero-order chi connectivity index (χ0) is 20.9. The molecule has 2 aliphatic rings. The zero-order valence-electron chi connectivity index (χ0n) is 18.2. The van der Waals surface area contributed by atoms with Crippen LogP contribution in [0.15, 0.2) is 35.2 Å². The number of rotatable bonds is 4. The summed E-state index contributed by atoms with van der Waals surface area (Å²) in [7, 11) is -0.480. The van der Waals surface area contributed by atoms with Gasteiger partial charge >= 0.3 is 6.09 Å². The van der Waals surface area contributed by atoms with Crippen molar-refractivity contribution >= 4 is 26.1 Å². The number of methoxy groups -OCH3 is 1. The van der Waals surface area contributed by atoms with Gasteiger partial charge in [0.2, 0.25) is 0 Å². The summed E-state index contributed by atoms with van der Waals surface area (Å²) in [5.74, 6) is 0. The van der Waals surface area contributed by atoms with E-state index in [0.717, 1.165) is 4.90 Å². The van der Waals surface area contributed by atoms with Crippen molar-refractivity contribution < 1.29 is 19.0 Å². The molecule has 2 saturated heterocycles. The molecule has 0 saturated carbocycles. The largest absolute Gasteiger partial charge is 0.438 e. The molecule has 1 aromatic rings. The first-order valence-electron chi connectivity index (χ1n) is 9.86. The predicted molar refractivity (Wildman–Crippen MR) is 115 cm³/mol. The number of benzene rings is 1. The third-order valence-electron chi connectivity index (χ3n) is 6.66. The highest BCUT2D eigenvalue weighted by atomic mass is 32.2. The van der Waals surface area contributed by atoms with Crippen LogP contribution >= 0.6 is 11.8 Å². The van der Waals surface area contributed by atoms with E-state index in [9.17, 15) is 4.79 Å². The minimum Gasteiger partial charge on any atom is -0.438 e. The Hall–Kier alpha value is -1.02. The molecule has 2 heterocycles. The Balaban J connectivity index is 1.97. The molecule has 2 fully saturated rings. The van der Waals surface area contributed by atoms with Crippen molar-refractivity contribution in [2.24, 2.45) is 0 Å². The molecule has 156 valence electrons. The smallest absolute Gasteiger partial charge is 0.402 e. The first-order valence-corrected chi connectivity index (χ1v) is 13.7. The number of ether oxygens (including phenoxy) is 3. The highest BCUT2D eigenvalue weighted by Crippen LogP contribution is 2.51. The van der Waals surface area contributed by atoms with Gasteiger partial charge < -0.3 is 18.8 Å². The second-order valence-electron chi connectivity index (χ2n) is 9.47. The first-order chi connectivity index (χ1) is 12.9. The lowest BCUT2D eigenvalue weighted by Crippen LogP contribution is -2.69. The van der Waals surface area contributed by atoms with Crippen LogP contribution in [0.2, 0.25) is 18.1 Å². The number of amides is 1. The summed E-state index contributed by atoms with van der Waals surface area (Å²) in [5.41, 5.74) is -1.01. The topological polar surface area (TPSA) is 48.0 Å². The molecular weight excluding hydrogens is 390 g/mol. The molecule has 0 bridgehead atoms. The van der Waals surface area contributed by atoms with Crippen LogP contribution in [0.1, 0.15) is 34.6 Å². The van der Waals surface area contributed by atoms with Gasteiger partial charge in [0.15, 0.2) is 13.8 Å². The Morgan fingerprint density at radius 2 is 1.82 bits per heavy atom. The molecule has 1 amide bonds. The van der Waals surface area contributed by atoms with Crippen LogP contribution in [0.5, 0.6) is 0 Å². The van der Waals surface area contributed by atoms with Gasteiger partial charge in [-0.25, -0.2) is 4.79 Å². The van der Waals surface area contributed by atoms with Crippen LogP contribution < -0.4 is 0 Å². The van der Waals surface area contributed by atoms with Crippen molar-refractivity contribution in [2.45, 2.75) is 86.9 Å². The molecule has 0 N–H and O–H groups in total. The van der Waals surface area contributed by atoms with Crippen LogP contribution in [-0.2, 0) is 14.2 Å². The van der Waals surface area contributed by atoms with Gasteiger partial charge in [0.25, 0.3) is 0 Å². The van der Waals surface area contributed by atoms with E-state index in [4.69, 9.17) is 14.2 Å². The average Bonchev–Trinajstić information content (AvgIpc) is 2.87. The molecule has 1 unspecified atom stereocenters. The van der Waals surface area contributed by atoms with E-state index in [-0.39, 0.29) is 34.8 Å². The number of carbonyl (C=O) groups is 1. The second kappa shape index (κ2) is 7.34. The van der Waals surface area contributed by atoms with E-state index in [1.54, 1.807) is 18.9 Å². The number of thioether (sulfide) groups is 1. The molecule has 0 aromatic heterocycles. The summed E-state index contributed by atoms with van der Waals surface area (Å²) in [6, 6.07) is 9.96. The van der Waals surface area contributed by atoms with Crippen molar-refractivity contribution in [3.05, 3.63) is 30.3 Å². The van der Waals surface area contributed by atoms with E-state index in [1.807, 2.05) is 29.7 Å². The van der Waals surface area contributed by atoms with Crippen molar-refractivity contribution in [3.8, 4) is 0 Å². The van der Waals surface area contributed by atoms with Gasteiger partial charge in [-0.1, -0.05) is 63.8 Å². The lowest BCUT2D eigenvalue weighted by molar-refractivity contribution is -0.188. The fraction of sp³-hybridized carbons (Fsp3) is 0.667. The normalized spacial score (nSPS) is 33.6. The minimum atomic E-state index is -2.15. The number of hydrogen-bond acceptors (Lipinski definition) is 5. The fourth-order valence-electron chi connectivity index (χ4n) is 4.20. The molecule has 7 heteroatoms. The number of carbonyl (C=O) groups excluding carboxylic acids is 1. The molecule has 5 nitrogen and oxygen atoms in total. The molecule has 3 rings (SSSR count). The predicted octanol–water partition coefficient (Wildman–Crippen LogP) is 5.12. The Labute approximate surface area is 174 Å². The van der Waals surface area contributed by atoms with Crippen LogP contribution in [0.4, 0.5) is 4.79 Å². The van der Waals surface area contributed by atoms with Crippen LogP contribution in [-0.4, -0.2) is 55.3 Å². The standard InChI is InChI=1S/C21H33NO4SSi/c1-14-16-21(5,26-19(23)22(16)28(7,8)20(2,3)4)17(24-6)18(25-14)27-15-12-10-9-11-13-15/h9-14,16-18H,1-8H3/t14-,16+,17-,18?,21+/m0/s1. The summed E-state index contributed by atoms with van der Waals surface area (Å²) in [6.07, 6.45) is -0.752. The zero-order valence-corrected chi connectivity index (χ0v) is 20.0. The van der Waals surface area contributed by atoms with E-state index in [0.29, 0.717) is 0 Å². The van der Waals surface area contributed by atoms with Gasteiger partial charge in [-0.05, 0) is 31.0 Å². The number of fused-ring (bicyclic) bond motifs is 1. The number of hydrogen-bond donors (Lipinski definition) is 0. The second-order valence-corrected chi connectivity index (χ2v) is 15.7. The van der Waals surface area contributed by atoms with Gasteiger partial charge in [0, 0.05) is 12.0 Å². The van der Waals surface area contributed by atoms with Crippen LogP contribution in [0.3, 0.4) is 0 Å². The lowest BCUT2D eigenvalue weighted by Gasteiger charge is -2.52. The highest BCUT2D eigenvalue weighted by Gasteiger charge is 2.67. The minimum absolute atomic E-state index is 0.00912. The van der Waals surface area contributed by atoms with Gasteiger partial charge in [0.1, 0.15) is 11.5 Å². The van der Waals surface area contributed by atoms with Gasteiger partial charge in [-0.2, -0.15) is 0 Å². The molecule has 0 spiro atoms. The van der Waals surface area contributed by atoms with Crippen molar-refractivity contribution in [1.29, 1.82) is 0 Å². The molecule has 2 aliphatic heterocycles. The summed E-state index contributed by atoms with van der Waals surface area (Å²) in [5, 5.41) is 0.00912.